The van der Waals surface area contributed by atoms with Crippen LogP contribution in [0.3, 0.4) is 0 Å². The van der Waals surface area contributed by atoms with Gasteiger partial charge in [-0.05, 0) is 54.3 Å². The lowest BCUT2D eigenvalue weighted by Crippen LogP contribution is -2.09. The summed E-state index contributed by atoms with van der Waals surface area (Å²) in [6.45, 7) is 0.770. The Morgan fingerprint density at radius 1 is 1.20 bits per heavy atom. The maximum Gasteiger partial charge on any atom is 0.122 e. The topological polar surface area (TPSA) is 29.5 Å². The molecule has 1 aliphatic rings. The molecule has 4 heteroatoms. The standard InChI is InChI=1S/C16H14BrClO2/c17-12-4-5-14(18)13(9-12)16(19)11-3-6-15-10(8-11)2-1-7-20-15/h3-6,8-9,16,19H,1-2,7H2. The molecule has 0 spiro atoms. The van der Waals surface area contributed by atoms with Crippen LogP contribution in [0.25, 0.3) is 0 Å². The summed E-state index contributed by atoms with van der Waals surface area (Å²) in [7, 11) is 0. The van der Waals surface area contributed by atoms with Gasteiger partial charge in [0.15, 0.2) is 0 Å². The molecule has 0 saturated heterocycles. The van der Waals surface area contributed by atoms with Crippen molar-refractivity contribution in [1.29, 1.82) is 0 Å². The van der Waals surface area contributed by atoms with E-state index in [0.717, 1.165) is 40.8 Å². The smallest absolute Gasteiger partial charge is 0.122 e. The molecule has 2 aromatic carbocycles. The number of rotatable bonds is 2. The molecule has 1 atom stereocenters. The van der Waals surface area contributed by atoms with Crippen LogP contribution in [0.4, 0.5) is 0 Å². The quantitative estimate of drug-likeness (QED) is 0.861. The molecule has 0 bridgehead atoms. The summed E-state index contributed by atoms with van der Waals surface area (Å²) < 4.78 is 6.49. The molecule has 0 saturated carbocycles. The summed E-state index contributed by atoms with van der Waals surface area (Å²) in [4.78, 5) is 0. The highest BCUT2D eigenvalue weighted by molar-refractivity contribution is 9.10. The third-order valence-corrected chi connectivity index (χ3v) is 4.34. The zero-order valence-electron chi connectivity index (χ0n) is 10.8. The molecule has 1 unspecified atom stereocenters. The SMILES string of the molecule is OC(c1ccc2c(c1)CCCO2)c1cc(Br)ccc1Cl. The van der Waals surface area contributed by atoms with E-state index in [0.29, 0.717) is 10.6 Å². The Morgan fingerprint density at radius 3 is 2.90 bits per heavy atom. The molecular weight excluding hydrogens is 340 g/mol. The average molecular weight is 354 g/mol. The molecule has 20 heavy (non-hydrogen) atoms. The first-order valence-corrected chi connectivity index (χ1v) is 7.71. The first-order chi connectivity index (χ1) is 9.65. The molecule has 1 N–H and O–H groups in total. The van der Waals surface area contributed by atoms with E-state index in [9.17, 15) is 5.11 Å². The lowest BCUT2D eigenvalue weighted by atomic mass is 9.97. The number of aryl methyl sites for hydroxylation is 1. The highest BCUT2D eigenvalue weighted by atomic mass is 79.9. The van der Waals surface area contributed by atoms with Crippen molar-refractivity contribution in [2.45, 2.75) is 18.9 Å². The molecule has 3 rings (SSSR count). The van der Waals surface area contributed by atoms with E-state index >= 15 is 0 Å². The van der Waals surface area contributed by atoms with Crippen LogP contribution in [0.5, 0.6) is 5.75 Å². The van der Waals surface area contributed by atoms with Crippen molar-refractivity contribution in [3.63, 3.8) is 0 Å². The predicted molar refractivity (Wildman–Crippen MR) is 83.5 cm³/mol. The third kappa shape index (κ3) is 2.71. The molecule has 2 nitrogen and oxygen atoms in total. The minimum absolute atomic E-state index is 0.565. The van der Waals surface area contributed by atoms with Gasteiger partial charge in [-0.3, -0.25) is 0 Å². The van der Waals surface area contributed by atoms with Gasteiger partial charge >= 0.3 is 0 Å². The van der Waals surface area contributed by atoms with E-state index in [2.05, 4.69) is 15.9 Å². The molecule has 1 aliphatic heterocycles. The zero-order chi connectivity index (χ0) is 14.1. The van der Waals surface area contributed by atoms with E-state index in [1.165, 1.54) is 0 Å². The number of ether oxygens (including phenoxy) is 1. The molecular formula is C16H14BrClO2. The number of hydrogen-bond donors (Lipinski definition) is 1. The first-order valence-electron chi connectivity index (χ1n) is 6.54. The van der Waals surface area contributed by atoms with Gasteiger partial charge in [0.25, 0.3) is 0 Å². The molecule has 0 amide bonds. The fourth-order valence-electron chi connectivity index (χ4n) is 2.45. The van der Waals surface area contributed by atoms with E-state index in [4.69, 9.17) is 16.3 Å². The highest BCUT2D eigenvalue weighted by Crippen LogP contribution is 2.34. The fourth-order valence-corrected chi connectivity index (χ4v) is 3.05. The Morgan fingerprint density at radius 2 is 2.05 bits per heavy atom. The number of halogens is 2. The van der Waals surface area contributed by atoms with Gasteiger partial charge in [-0.25, -0.2) is 0 Å². The van der Waals surface area contributed by atoms with Gasteiger partial charge in [0, 0.05) is 15.1 Å². The molecule has 2 aromatic rings. The van der Waals surface area contributed by atoms with Crippen LogP contribution in [0, 0.1) is 0 Å². The van der Waals surface area contributed by atoms with Crippen molar-refractivity contribution in [3.8, 4) is 5.75 Å². The van der Waals surface area contributed by atoms with Crippen LogP contribution >= 0.6 is 27.5 Å². The summed E-state index contributed by atoms with van der Waals surface area (Å²) in [5.74, 6) is 0.924. The van der Waals surface area contributed by atoms with E-state index in [1.807, 2.05) is 30.3 Å². The van der Waals surface area contributed by atoms with Crippen LogP contribution in [-0.2, 0) is 6.42 Å². The second kappa shape index (κ2) is 5.76. The fraction of sp³-hybridized carbons (Fsp3) is 0.250. The Labute approximate surface area is 131 Å². The minimum Gasteiger partial charge on any atom is -0.493 e. The number of fused-ring (bicyclic) bond motifs is 1. The van der Waals surface area contributed by atoms with E-state index in [-0.39, 0.29) is 0 Å². The Kier molecular flexibility index (Phi) is 4.01. The van der Waals surface area contributed by atoms with Crippen molar-refractivity contribution < 1.29 is 9.84 Å². The van der Waals surface area contributed by atoms with Gasteiger partial charge in [-0.15, -0.1) is 0 Å². The summed E-state index contributed by atoms with van der Waals surface area (Å²) in [6.07, 6.45) is 1.28. The highest BCUT2D eigenvalue weighted by Gasteiger charge is 2.17. The van der Waals surface area contributed by atoms with Crippen molar-refractivity contribution in [2.24, 2.45) is 0 Å². The van der Waals surface area contributed by atoms with Crippen molar-refractivity contribution in [3.05, 3.63) is 62.6 Å². The van der Waals surface area contributed by atoms with Crippen molar-refractivity contribution >= 4 is 27.5 Å². The second-order valence-corrected chi connectivity index (χ2v) is 6.21. The number of hydrogen-bond acceptors (Lipinski definition) is 2. The maximum absolute atomic E-state index is 10.6. The first kappa shape index (κ1) is 13.9. The Bertz CT molecular complexity index is 642. The molecule has 0 aliphatic carbocycles. The summed E-state index contributed by atoms with van der Waals surface area (Å²) in [5.41, 5.74) is 2.70. The lowest BCUT2D eigenvalue weighted by Gasteiger charge is -2.20. The molecule has 0 aromatic heterocycles. The summed E-state index contributed by atoms with van der Waals surface area (Å²) in [6, 6.07) is 11.3. The van der Waals surface area contributed by atoms with E-state index in [1.54, 1.807) is 6.07 Å². The Hall–Kier alpha value is -1.03. The van der Waals surface area contributed by atoms with Gasteiger partial charge in [-0.2, -0.15) is 0 Å². The van der Waals surface area contributed by atoms with Crippen LogP contribution in [0.15, 0.2) is 40.9 Å². The third-order valence-electron chi connectivity index (χ3n) is 3.50. The second-order valence-electron chi connectivity index (χ2n) is 4.89. The van der Waals surface area contributed by atoms with Gasteiger partial charge in [-0.1, -0.05) is 33.6 Å². The molecule has 1 heterocycles. The number of aliphatic hydroxyl groups is 1. The average Bonchev–Trinajstić information content (AvgIpc) is 2.48. The van der Waals surface area contributed by atoms with Crippen LogP contribution in [0.1, 0.15) is 29.2 Å². The van der Waals surface area contributed by atoms with Crippen molar-refractivity contribution in [1.82, 2.24) is 0 Å². The number of benzene rings is 2. The lowest BCUT2D eigenvalue weighted by molar-refractivity contribution is 0.219. The van der Waals surface area contributed by atoms with E-state index < -0.39 is 6.10 Å². The monoisotopic (exact) mass is 352 g/mol. The van der Waals surface area contributed by atoms with Crippen LogP contribution in [0.2, 0.25) is 5.02 Å². The predicted octanol–water partition coefficient (Wildman–Crippen LogP) is 4.51. The largest absolute Gasteiger partial charge is 0.493 e. The van der Waals surface area contributed by atoms with Gasteiger partial charge < -0.3 is 9.84 Å². The Balaban J connectivity index is 1.97. The van der Waals surface area contributed by atoms with Crippen molar-refractivity contribution in [2.75, 3.05) is 6.61 Å². The van der Waals surface area contributed by atoms with Crippen LogP contribution < -0.4 is 4.74 Å². The number of aliphatic hydroxyl groups excluding tert-OH is 1. The minimum atomic E-state index is -0.729. The summed E-state index contributed by atoms with van der Waals surface area (Å²) in [5, 5.41) is 11.1. The maximum atomic E-state index is 10.6. The summed E-state index contributed by atoms with van der Waals surface area (Å²) >= 11 is 9.59. The van der Waals surface area contributed by atoms with Gasteiger partial charge in [0.2, 0.25) is 0 Å². The van der Waals surface area contributed by atoms with Crippen LogP contribution in [-0.4, -0.2) is 11.7 Å². The van der Waals surface area contributed by atoms with Gasteiger partial charge in [0.05, 0.1) is 6.61 Å². The molecule has 0 radical (unpaired) electrons. The van der Waals surface area contributed by atoms with Gasteiger partial charge in [0.1, 0.15) is 11.9 Å². The molecule has 0 fully saturated rings. The zero-order valence-corrected chi connectivity index (χ0v) is 13.1. The molecule has 104 valence electrons. The normalized spacial score (nSPS) is 15.3.